The monoisotopic (exact) mass is 327 g/mol. The molecule has 0 aliphatic rings. The topological polar surface area (TPSA) is 99.8 Å². The molecule has 0 saturated heterocycles. The third-order valence-corrected chi connectivity index (χ3v) is 3.63. The Balaban J connectivity index is 2.17. The number of carbonyl (C=O) groups is 1. The van der Waals surface area contributed by atoms with Gasteiger partial charge in [0.25, 0.3) is 5.91 Å². The average Bonchev–Trinajstić information content (AvgIpc) is 3.01. The van der Waals surface area contributed by atoms with Gasteiger partial charge in [-0.1, -0.05) is 41.9 Å². The third kappa shape index (κ3) is 2.94. The molecule has 6 nitrogen and oxygen atoms in total. The van der Waals surface area contributed by atoms with Crippen LogP contribution in [-0.4, -0.2) is 20.7 Å². The van der Waals surface area contributed by atoms with Crippen molar-refractivity contribution in [3.63, 3.8) is 0 Å². The van der Waals surface area contributed by atoms with Crippen LogP contribution in [0, 0.1) is 0 Å². The van der Waals surface area contributed by atoms with Crippen molar-refractivity contribution in [3.8, 4) is 17.1 Å². The molecule has 3 aromatic rings. The van der Waals surface area contributed by atoms with Gasteiger partial charge in [0, 0.05) is 18.3 Å². The maximum atomic E-state index is 11.7. The zero-order valence-electron chi connectivity index (χ0n) is 12.1. The quantitative estimate of drug-likeness (QED) is 0.766. The molecule has 0 atom stereocenters. The van der Waals surface area contributed by atoms with Crippen molar-refractivity contribution < 1.29 is 4.79 Å². The second-order valence-corrected chi connectivity index (χ2v) is 5.29. The van der Waals surface area contributed by atoms with E-state index < -0.39 is 5.91 Å². The fourth-order valence-electron chi connectivity index (χ4n) is 2.22. The summed E-state index contributed by atoms with van der Waals surface area (Å²) in [4.78, 5) is 16.1. The molecular formula is C16H14ClN5O. The lowest BCUT2D eigenvalue weighted by molar-refractivity contribution is 0.100. The van der Waals surface area contributed by atoms with E-state index >= 15 is 0 Å². The van der Waals surface area contributed by atoms with Crippen LogP contribution in [0.1, 0.15) is 16.1 Å². The first-order valence-corrected chi connectivity index (χ1v) is 7.28. The standard InChI is InChI=1S/C16H14ClN5O/c17-13-7-6-11(8-18)20-16(13)22-9-12(15(19)23)14(21-22)10-4-2-1-3-5-10/h1-7,9H,8,18H2,(H2,19,23). The number of halogens is 1. The van der Waals surface area contributed by atoms with Gasteiger partial charge in [-0.3, -0.25) is 4.79 Å². The minimum atomic E-state index is -0.568. The number of nitrogens with two attached hydrogens (primary N) is 2. The fraction of sp³-hybridized carbons (Fsp3) is 0.0625. The van der Waals surface area contributed by atoms with Gasteiger partial charge < -0.3 is 11.5 Å². The molecule has 23 heavy (non-hydrogen) atoms. The summed E-state index contributed by atoms with van der Waals surface area (Å²) in [6.07, 6.45) is 1.53. The number of carbonyl (C=O) groups excluding carboxylic acids is 1. The highest BCUT2D eigenvalue weighted by molar-refractivity contribution is 6.32. The summed E-state index contributed by atoms with van der Waals surface area (Å²) in [5, 5.41) is 4.84. The summed E-state index contributed by atoms with van der Waals surface area (Å²) in [5.74, 6) is -0.166. The average molecular weight is 328 g/mol. The van der Waals surface area contributed by atoms with Crippen LogP contribution in [-0.2, 0) is 6.54 Å². The van der Waals surface area contributed by atoms with Crippen LogP contribution < -0.4 is 11.5 Å². The SMILES string of the molecule is NCc1ccc(Cl)c(-n2cc(C(N)=O)c(-c3ccccc3)n2)n1. The summed E-state index contributed by atoms with van der Waals surface area (Å²) in [6.45, 7) is 0.277. The van der Waals surface area contributed by atoms with Crippen molar-refractivity contribution in [1.82, 2.24) is 14.8 Å². The minimum absolute atomic E-state index is 0.277. The van der Waals surface area contributed by atoms with E-state index in [1.54, 1.807) is 12.1 Å². The van der Waals surface area contributed by atoms with Crippen LogP contribution in [0.25, 0.3) is 17.1 Å². The Morgan fingerprint density at radius 2 is 1.91 bits per heavy atom. The Hall–Kier alpha value is -2.70. The normalized spacial score (nSPS) is 10.7. The summed E-state index contributed by atoms with van der Waals surface area (Å²) in [5.41, 5.74) is 13.3. The van der Waals surface area contributed by atoms with E-state index in [2.05, 4.69) is 10.1 Å². The van der Waals surface area contributed by atoms with Gasteiger partial charge in [-0.2, -0.15) is 5.10 Å². The minimum Gasteiger partial charge on any atom is -0.365 e. The maximum absolute atomic E-state index is 11.7. The summed E-state index contributed by atoms with van der Waals surface area (Å²) < 4.78 is 1.45. The number of amides is 1. The number of nitrogens with zero attached hydrogens (tertiary/aromatic N) is 3. The molecule has 2 heterocycles. The third-order valence-electron chi connectivity index (χ3n) is 3.34. The van der Waals surface area contributed by atoms with Crippen molar-refractivity contribution in [3.05, 3.63) is 64.9 Å². The van der Waals surface area contributed by atoms with E-state index in [1.165, 1.54) is 10.9 Å². The smallest absolute Gasteiger partial charge is 0.252 e. The van der Waals surface area contributed by atoms with E-state index in [0.717, 1.165) is 5.56 Å². The van der Waals surface area contributed by atoms with Gasteiger partial charge in [-0.05, 0) is 12.1 Å². The number of aromatic nitrogens is 3. The number of rotatable bonds is 4. The lowest BCUT2D eigenvalue weighted by Crippen LogP contribution is -2.11. The van der Waals surface area contributed by atoms with Crippen molar-refractivity contribution in [1.29, 1.82) is 0 Å². The number of hydrogen-bond donors (Lipinski definition) is 2. The zero-order chi connectivity index (χ0) is 16.4. The molecule has 0 aliphatic heterocycles. The molecule has 0 unspecified atom stereocenters. The van der Waals surface area contributed by atoms with Gasteiger partial charge in [0.05, 0.1) is 16.3 Å². The lowest BCUT2D eigenvalue weighted by Gasteiger charge is -2.05. The van der Waals surface area contributed by atoms with E-state index in [4.69, 9.17) is 23.1 Å². The number of benzene rings is 1. The second kappa shape index (κ2) is 6.20. The molecule has 0 bridgehead atoms. The predicted molar refractivity (Wildman–Crippen MR) is 88.2 cm³/mol. The van der Waals surface area contributed by atoms with E-state index in [9.17, 15) is 4.79 Å². The second-order valence-electron chi connectivity index (χ2n) is 4.88. The first-order valence-electron chi connectivity index (χ1n) is 6.91. The fourth-order valence-corrected chi connectivity index (χ4v) is 2.41. The van der Waals surface area contributed by atoms with E-state index in [0.29, 0.717) is 27.8 Å². The number of pyridine rings is 1. The predicted octanol–water partition coefficient (Wildman–Crippen LogP) is 2.15. The molecule has 0 radical (unpaired) electrons. The highest BCUT2D eigenvalue weighted by Gasteiger charge is 2.18. The van der Waals surface area contributed by atoms with Gasteiger partial charge in [0.1, 0.15) is 5.69 Å². The van der Waals surface area contributed by atoms with Gasteiger partial charge >= 0.3 is 0 Å². The summed E-state index contributed by atoms with van der Waals surface area (Å²) in [7, 11) is 0. The highest BCUT2D eigenvalue weighted by Crippen LogP contribution is 2.25. The molecule has 1 aromatic carbocycles. The summed E-state index contributed by atoms with van der Waals surface area (Å²) in [6, 6.07) is 12.7. The highest BCUT2D eigenvalue weighted by atomic mass is 35.5. The molecular weight excluding hydrogens is 314 g/mol. The van der Waals surface area contributed by atoms with Gasteiger partial charge in [0.15, 0.2) is 5.82 Å². The molecule has 2 aromatic heterocycles. The Labute approximate surface area is 137 Å². The van der Waals surface area contributed by atoms with E-state index in [-0.39, 0.29) is 6.54 Å². The molecule has 0 saturated carbocycles. The Morgan fingerprint density at radius 1 is 1.17 bits per heavy atom. The molecule has 1 amide bonds. The Bertz CT molecular complexity index is 860. The molecule has 0 fully saturated rings. The Morgan fingerprint density at radius 3 is 2.57 bits per heavy atom. The van der Waals surface area contributed by atoms with Crippen molar-refractivity contribution in [2.24, 2.45) is 11.5 Å². The van der Waals surface area contributed by atoms with Gasteiger partial charge in [-0.25, -0.2) is 9.67 Å². The number of hydrogen-bond acceptors (Lipinski definition) is 4. The van der Waals surface area contributed by atoms with Crippen LogP contribution in [0.15, 0.2) is 48.7 Å². The Kier molecular flexibility index (Phi) is 4.10. The van der Waals surface area contributed by atoms with Crippen LogP contribution in [0.4, 0.5) is 0 Å². The van der Waals surface area contributed by atoms with Crippen molar-refractivity contribution in [2.45, 2.75) is 6.54 Å². The lowest BCUT2D eigenvalue weighted by atomic mass is 10.1. The van der Waals surface area contributed by atoms with Crippen LogP contribution in [0.2, 0.25) is 5.02 Å². The summed E-state index contributed by atoms with van der Waals surface area (Å²) >= 11 is 6.19. The van der Waals surface area contributed by atoms with Crippen LogP contribution in [0.5, 0.6) is 0 Å². The molecule has 4 N–H and O–H groups in total. The molecule has 0 spiro atoms. The zero-order valence-corrected chi connectivity index (χ0v) is 12.9. The van der Waals surface area contributed by atoms with E-state index in [1.807, 2.05) is 30.3 Å². The number of primary amides is 1. The largest absolute Gasteiger partial charge is 0.365 e. The molecule has 7 heteroatoms. The van der Waals surface area contributed by atoms with Crippen LogP contribution >= 0.6 is 11.6 Å². The first kappa shape index (κ1) is 15.2. The van der Waals surface area contributed by atoms with Crippen LogP contribution in [0.3, 0.4) is 0 Å². The van der Waals surface area contributed by atoms with Gasteiger partial charge in [-0.15, -0.1) is 0 Å². The first-order chi connectivity index (χ1) is 11.1. The maximum Gasteiger partial charge on any atom is 0.252 e. The van der Waals surface area contributed by atoms with Crippen molar-refractivity contribution >= 4 is 17.5 Å². The van der Waals surface area contributed by atoms with Crippen molar-refractivity contribution in [2.75, 3.05) is 0 Å². The molecule has 116 valence electrons. The molecule has 3 rings (SSSR count). The van der Waals surface area contributed by atoms with Gasteiger partial charge in [0.2, 0.25) is 0 Å². The molecule has 0 aliphatic carbocycles.